The molecule has 3 aromatic rings. The number of carbonyl (C=O) groups excluding carboxylic acids is 1. The molecule has 0 radical (unpaired) electrons. The van der Waals surface area contributed by atoms with Crippen molar-refractivity contribution in [1.82, 2.24) is 14.7 Å². The first-order valence-corrected chi connectivity index (χ1v) is 8.13. The van der Waals surface area contributed by atoms with Crippen LogP contribution in [0.3, 0.4) is 0 Å². The molecule has 0 saturated carbocycles. The van der Waals surface area contributed by atoms with E-state index in [-0.39, 0.29) is 11.1 Å². The van der Waals surface area contributed by atoms with Gasteiger partial charge in [0.2, 0.25) is 0 Å². The molecule has 0 saturated heterocycles. The van der Waals surface area contributed by atoms with Gasteiger partial charge in [0.15, 0.2) is 0 Å². The third kappa shape index (κ3) is 3.84. The number of amides is 1. The minimum absolute atomic E-state index is 0.183. The number of benzene rings is 1. The van der Waals surface area contributed by atoms with Crippen molar-refractivity contribution in [2.24, 2.45) is 0 Å². The van der Waals surface area contributed by atoms with Gasteiger partial charge in [0, 0.05) is 12.4 Å². The Morgan fingerprint density at radius 3 is 2.67 bits per heavy atom. The molecular formula is C19H16F3N3O2. The summed E-state index contributed by atoms with van der Waals surface area (Å²) in [6.45, 7) is 3.35. The summed E-state index contributed by atoms with van der Waals surface area (Å²) in [5, 5.41) is 2.55. The summed E-state index contributed by atoms with van der Waals surface area (Å²) in [7, 11) is 0. The van der Waals surface area contributed by atoms with Crippen molar-refractivity contribution >= 4 is 11.6 Å². The molecule has 8 heteroatoms. The summed E-state index contributed by atoms with van der Waals surface area (Å²) in [6, 6.07) is 7.41. The number of hydrogen-bond donors (Lipinski definition) is 1. The maximum Gasteiger partial charge on any atom is 0.416 e. The first kappa shape index (κ1) is 18.6. The summed E-state index contributed by atoms with van der Waals surface area (Å²) in [5.41, 5.74) is -0.0318. The number of nitrogens with one attached hydrogen (secondary N) is 1. The number of hydrogen-bond acceptors (Lipinski definition) is 3. The fourth-order valence-electron chi connectivity index (χ4n) is 2.68. The highest BCUT2D eigenvalue weighted by Gasteiger charge is 2.30. The van der Waals surface area contributed by atoms with E-state index in [9.17, 15) is 22.8 Å². The Balaban J connectivity index is 1.88. The van der Waals surface area contributed by atoms with Crippen molar-refractivity contribution in [2.75, 3.05) is 0 Å². The molecule has 5 nitrogen and oxygen atoms in total. The topological polar surface area (TPSA) is 63.5 Å². The van der Waals surface area contributed by atoms with Crippen LogP contribution in [-0.4, -0.2) is 15.3 Å². The van der Waals surface area contributed by atoms with E-state index in [2.05, 4.69) is 10.3 Å². The monoisotopic (exact) mass is 375 g/mol. The zero-order valence-corrected chi connectivity index (χ0v) is 14.5. The molecule has 3 rings (SSSR count). The molecule has 0 aliphatic rings. The molecule has 1 atom stereocenters. The van der Waals surface area contributed by atoms with Gasteiger partial charge in [-0.15, -0.1) is 0 Å². The number of carbonyl (C=O) groups is 1. The van der Waals surface area contributed by atoms with Gasteiger partial charge in [0.25, 0.3) is 11.5 Å². The van der Waals surface area contributed by atoms with E-state index in [4.69, 9.17) is 0 Å². The third-order valence-corrected chi connectivity index (χ3v) is 4.16. The molecule has 140 valence electrons. The predicted octanol–water partition coefficient (Wildman–Crippen LogP) is 3.51. The zero-order chi connectivity index (χ0) is 19.8. The quantitative estimate of drug-likeness (QED) is 0.762. The van der Waals surface area contributed by atoms with Gasteiger partial charge >= 0.3 is 6.18 Å². The second-order valence-corrected chi connectivity index (χ2v) is 6.23. The van der Waals surface area contributed by atoms with E-state index in [1.165, 1.54) is 22.7 Å². The number of alkyl halides is 3. The molecule has 0 aliphatic carbocycles. The Hall–Kier alpha value is -3.16. The van der Waals surface area contributed by atoms with Crippen LogP contribution in [0, 0.1) is 6.92 Å². The molecule has 2 aromatic heterocycles. The van der Waals surface area contributed by atoms with E-state index in [1.807, 2.05) is 0 Å². The highest BCUT2D eigenvalue weighted by molar-refractivity contribution is 5.94. The van der Waals surface area contributed by atoms with Crippen molar-refractivity contribution in [1.29, 1.82) is 0 Å². The second-order valence-electron chi connectivity index (χ2n) is 6.23. The van der Waals surface area contributed by atoms with Gasteiger partial charge in [-0.3, -0.25) is 14.0 Å². The first-order chi connectivity index (χ1) is 12.7. The Labute approximate surface area is 152 Å². The fourth-order valence-corrected chi connectivity index (χ4v) is 2.68. The average Bonchev–Trinajstić information content (AvgIpc) is 2.61. The summed E-state index contributed by atoms with van der Waals surface area (Å²) in [4.78, 5) is 29.1. The lowest BCUT2D eigenvalue weighted by molar-refractivity contribution is -0.137. The Morgan fingerprint density at radius 2 is 1.96 bits per heavy atom. The maximum absolute atomic E-state index is 12.9. The first-order valence-electron chi connectivity index (χ1n) is 8.13. The molecule has 1 N–H and O–H groups in total. The number of aromatic nitrogens is 2. The number of pyridine rings is 1. The van der Waals surface area contributed by atoms with Crippen molar-refractivity contribution in [2.45, 2.75) is 26.1 Å². The summed E-state index contributed by atoms with van der Waals surface area (Å²) in [6.07, 6.45) is -1.74. The zero-order valence-electron chi connectivity index (χ0n) is 14.5. The average molecular weight is 375 g/mol. The lowest BCUT2D eigenvalue weighted by Crippen LogP contribution is -2.33. The van der Waals surface area contributed by atoms with Gasteiger partial charge in [-0.25, -0.2) is 4.98 Å². The molecule has 1 aromatic carbocycles. The van der Waals surface area contributed by atoms with Gasteiger partial charge in [-0.05, 0) is 43.2 Å². The molecule has 0 bridgehead atoms. The van der Waals surface area contributed by atoms with E-state index in [0.717, 1.165) is 17.7 Å². The van der Waals surface area contributed by atoms with E-state index >= 15 is 0 Å². The number of fused-ring (bicyclic) bond motifs is 1. The van der Waals surface area contributed by atoms with E-state index in [0.29, 0.717) is 5.65 Å². The van der Waals surface area contributed by atoms with E-state index in [1.54, 1.807) is 32.2 Å². The molecule has 0 fully saturated rings. The molecular weight excluding hydrogens is 359 g/mol. The van der Waals surface area contributed by atoms with Crippen LogP contribution < -0.4 is 10.9 Å². The van der Waals surface area contributed by atoms with Crippen LogP contribution in [0.2, 0.25) is 0 Å². The van der Waals surface area contributed by atoms with Crippen molar-refractivity contribution in [3.05, 3.63) is 81.4 Å². The lowest BCUT2D eigenvalue weighted by atomic mass is 10.0. The van der Waals surface area contributed by atoms with Crippen molar-refractivity contribution in [3.8, 4) is 0 Å². The number of halogens is 3. The lowest BCUT2D eigenvalue weighted by Gasteiger charge is -2.16. The number of rotatable bonds is 3. The van der Waals surface area contributed by atoms with Gasteiger partial charge in [-0.1, -0.05) is 18.2 Å². The standard InChI is InChI=1S/C19H16F3N3O2/c1-11-6-7-16-23-9-15(18(27)25(16)10-11)17(26)24-12(2)13-4-3-5-14(8-13)19(20,21)22/h3-10,12H,1-2H3,(H,24,26). The molecule has 1 amide bonds. The summed E-state index contributed by atoms with van der Waals surface area (Å²) in [5.74, 6) is -0.701. The van der Waals surface area contributed by atoms with E-state index < -0.39 is 29.2 Å². The normalized spacial score (nSPS) is 12.8. The molecule has 27 heavy (non-hydrogen) atoms. The predicted molar refractivity (Wildman–Crippen MR) is 93.5 cm³/mol. The minimum Gasteiger partial charge on any atom is -0.345 e. The van der Waals surface area contributed by atoms with Crippen molar-refractivity contribution < 1.29 is 18.0 Å². The highest BCUT2D eigenvalue weighted by atomic mass is 19.4. The van der Waals surface area contributed by atoms with Gasteiger partial charge < -0.3 is 5.32 Å². The van der Waals surface area contributed by atoms with Crippen LogP contribution in [0.1, 0.15) is 40.0 Å². The number of nitrogens with zero attached hydrogens (tertiary/aromatic N) is 2. The van der Waals surface area contributed by atoms with Crippen LogP contribution in [0.15, 0.2) is 53.6 Å². The van der Waals surface area contributed by atoms with Crippen LogP contribution in [-0.2, 0) is 6.18 Å². The van der Waals surface area contributed by atoms with Crippen molar-refractivity contribution in [3.63, 3.8) is 0 Å². The molecule has 0 aliphatic heterocycles. The summed E-state index contributed by atoms with van der Waals surface area (Å²) >= 11 is 0. The molecule has 0 spiro atoms. The van der Waals surface area contributed by atoms with Crippen LogP contribution >= 0.6 is 0 Å². The van der Waals surface area contributed by atoms with Crippen LogP contribution in [0.5, 0.6) is 0 Å². The highest BCUT2D eigenvalue weighted by Crippen LogP contribution is 2.30. The molecule has 2 heterocycles. The maximum atomic E-state index is 12.9. The Kier molecular flexibility index (Phi) is 4.73. The third-order valence-electron chi connectivity index (χ3n) is 4.16. The largest absolute Gasteiger partial charge is 0.416 e. The summed E-state index contributed by atoms with van der Waals surface area (Å²) < 4.78 is 39.8. The van der Waals surface area contributed by atoms with Crippen LogP contribution in [0.25, 0.3) is 5.65 Å². The van der Waals surface area contributed by atoms with Gasteiger partial charge in [0.05, 0.1) is 11.6 Å². The minimum atomic E-state index is -4.47. The molecule has 1 unspecified atom stereocenters. The smallest absolute Gasteiger partial charge is 0.345 e. The SMILES string of the molecule is Cc1ccc2ncc(C(=O)NC(C)c3cccc(C(F)(F)F)c3)c(=O)n2c1. The Morgan fingerprint density at radius 1 is 1.22 bits per heavy atom. The second kappa shape index (κ2) is 6.86. The Bertz CT molecular complexity index is 1070. The number of aryl methyl sites for hydroxylation is 1. The van der Waals surface area contributed by atoms with Gasteiger partial charge in [-0.2, -0.15) is 13.2 Å². The fraction of sp³-hybridized carbons (Fsp3) is 0.211. The van der Waals surface area contributed by atoms with Crippen LogP contribution in [0.4, 0.5) is 13.2 Å². The van der Waals surface area contributed by atoms with Gasteiger partial charge in [0.1, 0.15) is 11.2 Å².